The average Bonchev–Trinajstić information content (AvgIpc) is 2.34. The maximum absolute atomic E-state index is 11.5. The van der Waals surface area contributed by atoms with Crippen LogP contribution in [-0.4, -0.2) is 24.0 Å². The van der Waals surface area contributed by atoms with Crippen LogP contribution in [0.25, 0.3) is 0 Å². The molecule has 1 heterocycles. The molecule has 1 rings (SSSR count). The lowest BCUT2D eigenvalue weighted by Crippen LogP contribution is -2.36. The Kier molecular flexibility index (Phi) is 5.63. The Bertz CT molecular complexity index is 338. The summed E-state index contributed by atoms with van der Waals surface area (Å²) in [4.78, 5) is 15.5. The van der Waals surface area contributed by atoms with Crippen LogP contribution in [-0.2, 0) is 4.79 Å². The van der Waals surface area contributed by atoms with Crippen molar-refractivity contribution < 1.29 is 4.79 Å². The molecule has 1 amide bonds. The predicted molar refractivity (Wildman–Crippen MR) is 68.5 cm³/mol. The van der Waals surface area contributed by atoms with Gasteiger partial charge in [-0.15, -0.1) is 0 Å². The minimum Gasteiger partial charge on any atom is -0.355 e. The van der Waals surface area contributed by atoms with Crippen LogP contribution in [0.4, 0.5) is 0 Å². The first kappa shape index (κ1) is 13.6. The fourth-order valence-corrected chi connectivity index (χ4v) is 1.40. The van der Waals surface area contributed by atoms with Crippen molar-refractivity contribution in [1.29, 1.82) is 0 Å². The van der Waals surface area contributed by atoms with E-state index < -0.39 is 0 Å². The average molecular weight is 235 g/mol. The summed E-state index contributed by atoms with van der Waals surface area (Å²) in [7, 11) is 0. The van der Waals surface area contributed by atoms with Crippen LogP contribution >= 0.6 is 0 Å². The Hall–Kier alpha value is -1.42. The smallest absolute Gasteiger partial charge is 0.233 e. The van der Waals surface area contributed by atoms with E-state index in [1.54, 1.807) is 12.4 Å². The molecule has 17 heavy (non-hydrogen) atoms. The first-order valence-corrected chi connectivity index (χ1v) is 5.99. The zero-order valence-electron chi connectivity index (χ0n) is 10.7. The Morgan fingerprint density at radius 2 is 1.94 bits per heavy atom. The first-order chi connectivity index (χ1) is 8.09. The van der Waals surface area contributed by atoms with Crippen LogP contribution in [0.5, 0.6) is 0 Å². The number of nitrogens with zero attached hydrogens (tertiary/aromatic N) is 1. The number of rotatable bonds is 6. The summed E-state index contributed by atoms with van der Waals surface area (Å²) in [6.45, 7) is 7.26. The van der Waals surface area contributed by atoms with E-state index in [9.17, 15) is 4.79 Å². The summed E-state index contributed by atoms with van der Waals surface area (Å²) in [5, 5.41) is 6.06. The van der Waals surface area contributed by atoms with E-state index in [-0.39, 0.29) is 11.9 Å². The van der Waals surface area contributed by atoms with Crippen LogP contribution in [0.3, 0.4) is 0 Å². The number of carbonyl (C=O) groups excluding carboxylic acids is 1. The lowest BCUT2D eigenvalue weighted by atomic mass is 10.1. The zero-order chi connectivity index (χ0) is 12.7. The molecule has 1 aromatic heterocycles. The molecule has 1 unspecified atom stereocenters. The second kappa shape index (κ2) is 7.01. The molecule has 0 saturated carbocycles. The molecule has 0 aliphatic heterocycles. The fourth-order valence-electron chi connectivity index (χ4n) is 1.40. The molecule has 0 spiro atoms. The van der Waals surface area contributed by atoms with Gasteiger partial charge >= 0.3 is 0 Å². The molecule has 4 heteroatoms. The van der Waals surface area contributed by atoms with Gasteiger partial charge in [0.15, 0.2) is 0 Å². The predicted octanol–water partition coefficient (Wildman–Crippen LogP) is 1.50. The van der Waals surface area contributed by atoms with E-state index in [2.05, 4.69) is 29.5 Å². The molecule has 0 radical (unpaired) electrons. The van der Waals surface area contributed by atoms with Gasteiger partial charge in [-0.1, -0.05) is 13.8 Å². The van der Waals surface area contributed by atoms with Gasteiger partial charge in [0.1, 0.15) is 0 Å². The number of hydrogen-bond acceptors (Lipinski definition) is 3. The summed E-state index contributed by atoms with van der Waals surface area (Å²) in [5.74, 6) is 0.524. The molecular formula is C13H21N3O. The highest BCUT2D eigenvalue weighted by molar-refractivity contribution is 5.78. The number of hydrogen-bond donors (Lipinski definition) is 2. The van der Waals surface area contributed by atoms with Gasteiger partial charge in [0, 0.05) is 25.0 Å². The van der Waals surface area contributed by atoms with E-state index in [0.29, 0.717) is 12.5 Å². The Morgan fingerprint density at radius 1 is 1.29 bits per heavy atom. The van der Waals surface area contributed by atoms with Crippen LogP contribution < -0.4 is 10.6 Å². The monoisotopic (exact) mass is 235 g/mol. The van der Waals surface area contributed by atoms with Gasteiger partial charge in [0.25, 0.3) is 0 Å². The van der Waals surface area contributed by atoms with Gasteiger partial charge in [0.2, 0.25) is 5.91 Å². The minimum absolute atomic E-state index is 0.0413. The molecule has 0 aliphatic carbocycles. The topological polar surface area (TPSA) is 54.0 Å². The molecule has 0 fully saturated rings. The van der Waals surface area contributed by atoms with Crippen molar-refractivity contribution >= 4 is 5.91 Å². The van der Waals surface area contributed by atoms with Crippen molar-refractivity contribution in [2.24, 2.45) is 5.92 Å². The molecule has 0 saturated heterocycles. The van der Waals surface area contributed by atoms with Crippen molar-refractivity contribution in [3.8, 4) is 0 Å². The van der Waals surface area contributed by atoms with Gasteiger partial charge in [-0.3, -0.25) is 9.78 Å². The molecule has 4 nitrogen and oxygen atoms in total. The molecule has 0 aliphatic rings. The van der Waals surface area contributed by atoms with Gasteiger partial charge in [0.05, 0.1) is 6.54 Å². The third-order valence-electron chi connectivity index (χ3n) is 2.48. The van der Waals surface area contributed by atoms with Crippen LogP contribution in [0.15, 0.2) is 24.5 Å². The second-order valence-corrected chi connectivity index (χ2v) is 4.58. The third kappa shape index (κ3) is 5.45. The highest BCUT2D eigenvalue weighted by atomic mass is 16.1. The fraction of sp³-hybridized carbons (Fsp3) is 0.538. The summed E-state index contributed by atoms with van der Waals surface area (Å²) in [6, 6.07) is 4.05. The van der Waals surface area contributed by atoms with E-state index >= 15 is 0 Å². The van der Waals surface area contributed by atoms with E-state index in [1.807, 2.05) is 19.1 Å². The quantitative estimate of drug-likeness (QED) is 0.785. The molecule has 1 atom stereocenters. The summed E-state index contributed by atoms with van der Waals surface area (Å²) in [6.07, 6.45) is 3.51. The van der Waals surface area contributed by atoms with Crippen molar-refractivity contribution in [2.75, 3.05) is 13.1 Å². The SMILES string of the molecule is CC(C)CNC(=O)CNC(C)c1ccncc1. The van der Waals surface area contributed by atoms with Crippen molar-refractivity contribution in [3.63, 3.8) is 0 Å². The Labute approximate surface area is 103 Å². The van der Waals surface area contributed by atoms with Gasteiger partial charge in [-0.05, 0) is 30.5 Å². The van der Waals surface area contributed by atoms with Crippen LogP contribution in [0, 0.1) is 5.92 Å². The molecule has 94 valence electrons. The largest absolute Gasteiger partial charge is 0.355 e. The van der Waals surface area contributed by atoms with Crippen LogP contribution in [0.2, 0.25) is 0 Å². The minimum atomic E-state index is 0.0413. The maximum atomic E-state index is 11.5. The van der Waals surface area contributed by atoms with Crippen molar-refractivity contribution in [2.45, 2.75) is 26.8 Å². The normalized spacial score (nSPS) is 12.5. The van der Waals surface area contributed by atoms with E-state index in [0.717, 1.165) is 12.1 Å². The maximum Gasteiger partial charge on any atom is 0.233 e. The Morgan fingerprint density at radius 3 is 2.53 bits per heavy atom. The van der Waals surface area contributed by atoms with Gasteiger partial charge < -0.3 is 10.6 Å². The number of pyridine rings is 1. The standard InChI is InChI=1S/C13H21N3O/c1-10(2)8-16-13(17)9-15-11(3)12-4-6-14-7-5-12/h4-7,10-11,15H,8-9H2,1-3H3,(H,16,17). The van der Waals surface area contributed by atoms with E-state index in [1.165, 1.54) is 0 Å². The van der Waals surface area contributed by atoms with E-state index in [4.69, 9.17) is 0 Å². The van der Waals surface area contributed by atoms with Crippen molar-refractivity contribution in [1.82, 2.24) is 15.6 Å². The molecule has 0 bridgehead atoms. The lowest BCUT2D eigenvalue weighted by Gasteiger charge is -2.14. The third-order valence-corrected chi connectivity index (χ3v) is 2.48. The summed E-state index contributed by atoms with van der Waals surface area (Å²) < 4.78 is 0. The highest BCUT2D eigenvalue weighted by Gasteiger charge is 2.07. The number of carbonyl (C=O) groups is 1. The number of amides is 1. The second-order valence-electron chi connectivity index (χ2n) is 4.58. The van der Waals surface area contributed by atoms with Crippen LogP contribution in [0.1, 0.15) is 32.4 Å². The molecule has 2 N–H and O–H groups in total. The lowest BCUT2D eigenvalue weighted by molar-refractivity contribution is -0.120. The zero-order valence-corrected chi connectivity index (χ0v) is 10.7. The summed E-state index contributed by atoms with van der Waals surface area (Å²) >= 11 is 0. The van der Waals surface area contributed by atoms with Crippen molar-refractivity contribution in [3.05, 3.63) is 30.1 Å². The highest BCUT2D eigenvalue weighted by Crippen LogP contribution is 2.09. The molecular weight excluding hydrogens is 214 g/mol. The molecule has 1 aromatic rings. The Balaban J connectivity index is 2.29. The van der Waals surface area contributed by atoms with Gasteiger partial charge in [-0.2, -0.15) is 0 Å². The summed E-state index contributed by atoms with van der Waals surface area (Å²) in [5.41, 5.74) is 1.14. The molecule has 0 aromatic carbocycles. The first-order valence-electron chi connectivity index (χ1n) is 5.99. The van der Waals surface area contributed by atoms with Gasteiger partial charge in [-0.25, -0.2) is 0 Å². The number of aromatic nitrogens is 1. The number of nitrogens with one attached hydrogen (secondary N) is 2.